The summed E-state index contributed by atoms with van der Waals surface area (Å²) in [6, 6.07) is 20.7. The summed E-state index contributed by atoms with van der Waals surface area (Å²) >= 11 is 7.44. The van der Waals surface area contributed by atoms with Crippen LogP contribution in [0.5, 0.6) is 5.75 Å². The van der Waals surface area contributed by atoms with Gasteiger partial charge in [0.1, 0.15) is 16.6 Å². The van der Waals surface area contributed by atoms with Crippen LogP contribution in [0.2, 0.25) is 5.02 Å². The van der Waals surface area contributed by atoms with Crippen molar-refractivity contribution in [1.82, 2.24) is 4.31 Å². The lowest BCUT2D eigenvalue weighted by atomic mass is 10.0. The Balaban J connectivity index is 1.51. The molecule has 39 heavy (non-hydrogen) atoms. The summed E-state index contributed by atoms with van der Waals surface area (Å²) in [7, 11) is -3.81. The number of carbonyl (C=O) groups is 1. The van der Waals surface area contributed by atoms with Crippen molar-refractivity contribution >= 4 is 49.0 Å². The van der Waals surface area contributed by atoms with Crippen LogP contribution in [0.4, 0.5) is 0 Å². The van der Waals surface area contributed by atoms with E-state index in [1.54, 1.807) is 13.0 Å². The maximum Gasteiger partial charge on any atom is 0.306 e. The molecule has 0 fully saturated rings. The number of esters is 1. The second-order valence-corrected chi connectivity index (χ2v) is 12.8. The van der Waals surface area contributed by atoms with Gasteiger partial charge in [0.05, 0.1) is 6.61 Å². The molecule has 0 saturated carbocycles. The molecule has 3 aromatic carbocycles. The molecule has 4 rings (SSSR count). The Morgan fingerprint density at radius 3 is 2.51 bits per heavy atom. The van der Waals surface area contributed by atoms with Crippen molar-refractivity contribution in [2.24, 2.45) is 0 Å². The fraction of sp³-hybridized carbons (Fsp3) is 0.300. The quantitative estimate of drug-likeness (QED) is 0.168. The third kappa shape index (κ3) is 7.19. The fourth-order valence-electron chi connectivity index (χ4n) is 4.38. The first-order valence-electron chi connectivity index (χ1n) is 12.8. The summed E-state index contributed by atoms with van der Waals surface area (Å²) in [5.74, 6) is 0.436. The summed E-state index contributed by atoms with van der Waals surface area (Å²) < 4.78 is 41.6. The van der Waals surface area contributed by atoms with E-state index < -0.39 is 10.0 Å². The summed E-state index contributed by atoms with van der Waals surface area (Å²) in [5, 5.41) is 1.42. The van der Waals surface area contributed by atoms with Gasteiger partial charge in [-0.25, -0.2) is 8.42 Å². The van der Waals surface area contributed by atoms with Crippen molar-refractivity contribution in [2.75, 3.05) is 19.8 Å². The highest BCUT2D eigenvalue weighted by Crippen LogP contribution is 2.37. The molecular formula is C30H32ClNO5S2. The van der Waals surface area contributed by atoms with Crippen LogP contribution in [0.3, 0.4) is 0 Å². The van der Waals surface area contributed by atoms with E-state index in [0.717, 1.165) is 26.8 Å². The van der Waals surface area contributed by atoms with Crippen molar-refractivity contribution in [3.05, 3.63) is 94.0 Å². The largest absolute Gasteiger partial charge is 0.492 e. The number of thiophene rings is 1. The molecule has 0 bridgehead atoms. The number of hydrogen-bond donors (Lipinski definition) is 0. The van der Waals surface area contributed by atoms with Gasteiger partial charge >= 0.3 is 5.97 Å². The number of ether oxygens (including phenoxy) is 2. The highest BCUT2D eigenvalue weighted by molar-refractivity contribution is 7.91. The van der Waals surface area contributed by atoms with Gasteiger partial charge in [-0.05, 0) is 85.2 Å². The van der Waals surface area contributed by atoms with E-state index in [1.165, 1.54) is 15.6 Å². The van der Waals surface area contributed by atoms with Crippen LogP contribution in [0.15, 0.2) is 70.9 Å². The van der Waals surface area contributed by atoms with E-state index in [1.807, 2.05) is 74.5 Å². The summed E-state index contributed by atoms with van der Waals surface area (Å²) in [5.41, 5.74) is 3.64. The zero-order valence-electron chi connectivity index (χ0n) is 22.3. The van der Waals surface area contributed by atoms with Crippen molar-refractivity contribution in [3.63, 3.8) is 0 Å². The van der Waals surface area contributed by atoms with E-state index >= 15 is 0 Å². The predicted octanol–water partition coefficient (Wildman–Crippen LogP) is 6.94. The van der Waals surface area contributed by atoms with Gasteiger partial charge in [0, 0.05) is 29.2 Å². The highest BCUT2D eigenvalue weighted by atomic mass is 35.5. The minimum Gasteiger partial charge on any atom is -0.492 e. The normalized spacial score (nSPS) is 11.7. The number of fused-ring (bicyclic) bond motifs is 1. The molecule has 6 nitrogen and oxygen atoms in total. The molecule has 0 aliphatic rings. The standard InChI is InChI=1S/C30H32ClNO5S2/c1-4-36-29(33)15-11-24-10-13-26(18-21(24)2)37-17-16-32(20-23-8-6-5-7-9-23)39(34,35)30-22(3)27-19-25(31)12-14-28(27)38-30/h5-10,12-14,18-19H,4,11,15-17,20H2,1-3H3. The van der Waals surface area contributed by atoms with Crippen LogP contribution < -0.4 is 4.74 Å². The molecule has 206 valence electrons. The highest BCUT2D eigenvalue weighted by Gasteiger charge is 2.29. The minimum absolute atomic E-state index is 0.176. The Labute approximate surface area is 239 Å². The van der Waals surface area contributed by atoms with Gasteiger partial charge in [0.2, 0.25) is 0 Å². The molecule has 0 amide bonds. The van der Waals surface area contributed by atoms with Crippen LogP contribution >= 0.6 is 22.9 Å². The maximum atomic E-state index is 13.9. The first kappa shape index (κ1) is 29.1. The van der Waals surface area contributed by atoms with Gasteiger partial charge in [0.25, 0.3) is 10.0 Å². The zero-order valence-corrected chi connectivity index (χ0v) is 24.7. The number of benzene rings is 3. The molecule has 0 unspecified atom stereocenters. The number of sulfonamides is 1. The Kier molecular flexibility index (Phi) is 9.67. The Morgan fingerprint density at radius 1 is 1.03 bits per heavy atom. The number of aryl methyl sites for hydroxylation is 3. The van der Waals surface area contributed by atoms with E-state index in [2.05, 4.69) is 0 Å². The lowest BCUT2D eigenvalue weighted by molar-refractivity contribution is -0.143. The van der Waals surface area contributed by atoms with Gasteiger partial charge in [-0.15, -0.1) is 11.3 Å². The molecule has 9 heteroatoms. The molecule has 0 radical (unpaired) electrons. The molecule has 4 aromatic rings. The second kappa shape index (κ2) is 13.0. The van der Waals surface area contributed by atoms with Crippen molar-refractivity contribution < 1.29 is 22.7 Å². The first-order chi connectivity index (χ1) is 18.7. The minimum atomic E-state index is -3.81. The Bertz CT molecular complexity index is 1550. The van der Waals surface area contributed by atoms with E-state index in [9.17, 15) is 13.2 Å². The molecule has 0 aliphatic carbocycles. The van der Waals surface area contributed by atoms with Crippen molar-refractivity contribution in [1.29, 1.82) is 0 Å². The summed E-state index contributed by atoms with van der Waals surface area (Å²) in [4.78, 5) is 11.7. The van der Waals surface area contributed by atoms with Gasteiger partial charge in [-0.2, -0.15) is 4.31 Å². The molecule has 0 saturated heterocycles. The van der Waals surface area contributed by atoms with E-state index in [4.69, 9.17) is 21.1 Å². The van der Waals surface area contributed by atoms with Gasteiger partial charge in [-0.1, -0.05) is 48.0 Å². The van der Waals surface area contributed by atoms with Crippen LogP contribution in [-0.2, 0) is 32.5 Å². The number of halogens is 1. The van der Waals surface area contributed by atoms with Gasteiger partial charge in [0.15, 0.2) is 0 Å². The van der Waals surface area contributed by atoms with E-state index in [0.29, 0.717) is 40.0 Å². The van der Waals surface area contributed by atoms with Crippen LogP contribution in [0.25, 0.3) is 10.1 Å². The van der Waals surface area contributed by atoms with Crippen molar-refractivity contribution in [3.8, 4) is 5.75 Å². The maximum absolute atomic E-state index is 13.9. The number of hydrogen-bond acceptors (Lipinski definition) is 6. The van der Waals surface area contributed by atoms with Crippen LogP contribution in [0.1, 0.15) is 35.6 Å². The number of rotatable bonds is 12. The molecule has 0 spiro atoms. The lowest BCUT2D eigenvalue weighted by Gasteiger charge is -2.22. The third-order valence-corrected chi connectivity index (χ3v) is 10.4. The summed E-state index contributed by atoms with van der Waals surface area (Å²) in [6.07, 6.45) is 0.915. The van der Waals surface area contributed by atoms with Gasteiger partial charge < -0.3 is 9.47 Å². The average Bonchev–Trinajstić information content (AvgIpc) is 3.24. The molecular weight excluding hydrogens is 554 g/mol. The Hall–Kier alpha value is -2.91. The monoisotopic (exact) mass is 585 g/mol. The van der Waals surface area contributed by atoms with Crippen molar-refractivity contribution in [2.45, 2.75) is 44.4 Å². The SMILES string of the molecule is CCOC(=O)CCc1ccc(OCCN(Cc2ccccc2)S(=O)(=O)c2sc3ccc(Cl)cc3c2C)cc1C. The second-order valence-electron chi connectivity index (χ2n) is 9.22. The van der Waals surface area contributed by atoms with Crippen LogP contribution in [0, 0.1) is 13.8 Å². The molecule has 0 atom stereocenters. The average molecular weight is 586 g/mol. The topological polar surface area (TPSA) is 72.9 Å². The predicted molar refractivity (Wildman–Crippen MR) is 157 cm³/mol. The first-order valence-corrected chi connectivity index (χ1v) is 15.4. The smallest absolute Gasteiger partial charge is 0.306 e. The molecule has 0 aliphatic heterocycles. The summed E-state index contributed by atoms with van der Waals surface area (Å²) in [6.45, 7) is 6.55. The number of nitrogens with zero attached hydrogens (tertiary/aromatic N) is 1. The molecule has 1 aromatic heterocycles. The molecule has 0 N–H and O–H groups in total. The third-order valence-electron chi connectivity index (χ3n) is 6.46. The zero-order chi connectivity index (χ0) is 28.0. The fourth-order valence-corrected chi connectivity index (χ4v) is 7.84. The molecule has 1 heterocycles. The number of carbonyl (C=O) groups excluding carboxylic acids is 1. The Morgan fingerprint density at radius 2 is 1.79 bits per heavy atom. The van der Waals surface area contributed by atoms with E-state index in [-0.39, 0.29) is 25.7 Å². The lowest BCUT2D eigenvalue weighted by Crippen LogP contribution is -2.34. The van der Waals surface area contributed by atoms with Crippen LogP contribution in [-0.4, -0.2) is 38.5 Å². The van der Waals surface area contributed by atoms with Gasteiger partial charge in [-0.3, -0.25) is 4.79 Å².